The summed E-state index contributed by atoms with van der Waals surface area (Å²) in [6, 6.07) is 2.40. The van der Waals surface area contributed by atoms with Gasteiger partial charge < -0.3 is 0 Å². The Hall–Kier alpha value is -0.770. The Labute approximate surface area is 68.7 Å². The fourth-order valence-corrected chi connectivity index (χ4v) is 1.60. The van der Waals surface area contributed by atoms with Crippen molar-refractivity contribution in [2.75, 3.05) is 0 Å². The first-order valence-electron chi connectivity index (χ1n) is 4.14. The van der Waals surface area contributed by atoms with Gasteiger partial charge in [0, 0.05) is 0 Å². The van der Waals surface area contributed by atoms with E-state index in [0.29, 0.717) is 0 Å². The van der Waals surface area contributed by atoms with Crippen LogP contribution in [0.25, 0.3) is 0 Å². The lowest BCUT2D eigenvalue weighted by molar-refractivity contribution is 0.379. The second-order valence-corrected chi connectivity index (χ2v) is 3.91. The lowest BCUT2D eigenvalue weighted by atomic mass is 9.75. The van der Waals surface area contributed by atoms with Gasteiger partial charge in [0.1, 0.15) is 0 Å². The van der Waals surface area contributed by atoms with Gasteiger partial charge in [-0.2, -0.15) is 5.26 Å². The molecule has 0 radical (unpaired) electrons. The van der Waals surface area contributed by atoms with Crippen molar-refractivity contribution in [2.24, 2.45) is 5.41 Å². The predicted octanol–water partition coefficient (Wildman–Crippen LogP) is 3.04. The Bertz CT molecular complexity index is 232. The molecule has 1 unspecified atom stereocenters. The highest BCUT2D eigenvalue weighted by Gasteiger charge is 2.27. The minimum atomic E-state index is -0.0798. The Morgan fingerprint density at radius 1 is 1.36 bits per heavy atom. The minimum absolute atomic E-state index is 0.0798. The van der Waals surface area contributed by atoms with Crippen LogP contribution in [0, 0.1) is 16.7 Å². The van der Waals surface area contributed by atoms with Gasteiger partial charge >= 0.3 is 0 Å². The third kappa shape index (κ3) is 1.63. The number of hydrogen-bond donors (Lipinski definition) is 0. The number of allylic oxidation sites excluding steroid dienone is 2. The molecule has 0 spiro atoms. The monoisotopic (exact) mass is 149 g/mol. The average molecular weight is 149 g/mol. The highest BCUT2D eigenvalue weighted by Crippen LogP contribution is 2.37. The smallest absolute Gasteiger partial charge is 0.0690 e. The molecule has 1 aliphatic carbocycles. The van der Waals surface area contributed by atoms with Crippen molar-refractivity contribution in [3.05, 3.63) is 11.1 Å². The third-order valence-electron chi connectivity index (χ3n) is 2.71. The maximum Gasteiger partial charge on any atom is 0.0690 e. The van der Waals surface area contributed by atoms with Crippen LogP contribution in [0.2, 0.25) is 0 Å². The first-order chi connectivity index (χ1) is 5.07. The van der Waals surface area contributed by atoms with Crippen LogP contribution in [0.5, 0.6) is 0 Å². The molecule has 0 aromatic carbocycles. The van der Waals surface area contributed by atoms with Crippen molar-refractivity contribution < 1.29 is 0 Å². The molecule has 1 atom stereocenters. The van der Waals surface area contributed by atoms with Crippen LogP contribution >= 0.6 is 0 Å². The average Bonchev–Trinajstić information content (AvgIpc) is 1.98. The van der Waals surface area contributed by atoms with Crippen LogP contribution in [-0.2, 0) is 0 Å². The Balaban J connectivity index is 2.81. The zero-order chi connectivity index (χ0) is 8.48. The maximum absolute atomic E-state index is 8.88. The Kier molecular flexibility index (Phi) is 2.04. The van der Waals surface area contributed by atoms with Crippen molar-refractivity contribution in [1.82, 2.24) is 0 Å². The lowest BCUT2D eigenvalue weighted by Gasteiger charge is -2.28. The summed E-state index contributed by atoms with van der Waals surface area (Å²) in [7, 11) is 0. The van der Waals surface area contributed by atoms with E-state index in [9.17, 15) is 0 Å². The van der Waals surface area contributed by atoms with E-state index in [1.807, 2.05) is 0 Å². The van der Waals surface area contributed by atoms with E-state index >= 15 is 0 Å². The zero-order valence-corrected chi connectivity index (χ0v) is 7.57. The largest absolute Gasteiger partial charge is 0.198 e. The number of rotatable bonds is 0. The van der Waals surface area contributed by atoms with Gasteiger partial charge in [-0.05, 0) is 40.0 Å². The van der Waals surface area contributed by atoms with Crippen LogP contribution in [0.3, 0.4) is 0 Å². The highest BCUT2D eigenvalue weighted by molar-refractivity contribution is 5.19. The standard InChI is InChI=1S/C10H15N/c1-8-4-5-10(3,7-11)6-9(8)2/h4-6H2,1-3H3. The van der Waals surface area contributed by atoms with E-state index < -0.39 is 0 Å². The topological polar surface area (TPSA) is 23.8 Å². The Morgan fingerprint density at radius 2 is 2.00 bits per heavy atom. The molecule has 0 bridgehead atoms. The summed E-state index contributed by atoms with van der Waals surface area (Å²) in [6.45, 7) is 6.37. The molecule has 1 heteroatoms. The number of hydrogen-bond acceptors (Lipinski definition) is 1. The number of nitrogens with zero attached hydrogens (tertiary/aromatic N) is 1. The van der Waals surface area contributed by atoms with Crippen molar-refractivity contribution in [2.45, 2.75) is 40.0 Å². The van der Waals surface area contributed by atoms with Crippen LogP contribution in [0.4, 0.5) is 0 Å². The van der Waals surface area contributed by atoms with Gasteiger partial charge in [-0.15, -0.1) is 0 Å². The molecule has 0 amide bonds. The third-order valence-corrected chi connectivity index (χ3v) is 2.71. The van der Waals surface area contributed by atoms with Crippen molar-refractivity contribution in [3.8, 4) is 6.07 Å². The van der Waals surface area contributed by atoms with E-state index in [1.54, 1.807) is 0 Å². The van der Waals surface area contributed by atoms with Crippen molar-refractivity contribution in [3.63, 3.8) is 0 Å². The van der Waals surface area contributed by atoms with E-state index in [-0.39, 0.29) is 5.41 Å². The maximum atomic E-state index is 8.88. The minimum Gasteiger partial charge on any atom is -0.198 e. The summed E-state index contributed by atoms with van der Waals surface area (Å²) in [6.07, 6.45) is 3.11. The van der Waals surface area contributed by atoms with Crippen molar-refractivity contribution in [1.29, 1.82) is 5.26 Å². The number of nitriles is 1. The molecule has 0 N–H and O–H groups in total. The summed E-state index contributed by atoms with van der Waals surface area (Å²) in [5.74, 6) is 0. The van der Waals surface area contributed by atoms with Gasteiger partial charge in [0.25, 0.3) is 0 Å². The van der Waals surface area contributed by atoms with Crippen LogP contribution in [-0.4, -0.2) is 0 Å². The predicted molar refractivity (Wildman–Crippen MR) is 45.9 cm³/mol. The zero-order valence-electron chi connectivity index (χ0n) is 7.57. The molecular formula is C10H15N. The van der Waals surface area contributed by atoms with Gasteiger partial charge in [0.05, 0.1) is 11.5 Å². The van der Waals surface area contributed by atoms with Crippen molar-refractivity contribution >= 4 is 0 Å². The second kappa shape index (κ2) is 2.70. The lowest BCUT2D eigenvalue weighted by Crippen LogP contribution is -2.18. The molecule has 0 heterocycles. The summed E-state index contributed by atoms with van der Waals surface area (Å²) in [5.41, 5.74) is 2.82. The van der Waals surface area contributed by atoms with E-state index in [2.05, 4.69) is 26.8 Å². The molecule has 0 saturated heterocycles. The molecule has 0 aliphatic heterocycles. The molecule has 11 heavy (non-hydrogen) atoms. The van der Waals surface area contributed by atoms with Gasteiger partial charge in [-0.3, -0.25) is 0 Å². The molecule has 0 saturated carbocycles. The molecule has 60 valence electrons. The molecule has 1 aliphatic rings. The first-order valence-corrected chi connectivity index (χ1v) is 4.14. The van der Waals surface area contributed by atoms with E-state index in [1.165, 1.54) is 11.1 Å². The van der Waals surface area contributed by atoms with Gasteiger partial charge in [0.15, 0.2) is 0 Å². The van der Waals surface area contributed by atoms with Crippen LogP contribution < -0.4 is 0 Å². The molecule has 0 fully saturated rings. The van der Waals surface area contributed by atoms with E-state index in [4.69, 9.17) is 5.26 Å². The molecule has 1 rings (SSSR count). The SMILES string of the molecule is CC1=C(C)CC(C)(C#N)CC1. The van der Waals surface area contributed by atoms with Crippen LogP contribution in [0.15, 0.2) is 11.1 Å². The quantitative estimate of drug-likeness (QED) is 0.486. The van der Waals surface area contributed by atoms with Gasteiger partial charge in [-0.1, -0.05) is 11.1 Å². The van der Waals surface area contributed by atoms with Crippen LogP contribution in [0.1, 0.15) is 40.0 Å². The highest BCUT2D eigenvalue weighted by atomic mass is 14.4. The molecule has 0 aromatic rings. The normalized spacial score (nSPS) is 31.8. The summed E-state index contributed by atoms with van der Waals surface area (Å²) >= 11 is 0. The molecule has 1 nitrogen and oxygen atoms in total. The summed E-state index contributed by atoms with van der Waals surface area (Å²) < 4.78 is 0. The summed E-state index contributed by atoms with van der Waals surface area (Å²) in [4.78, 5) is 0. The molecular weight excluding hydrogens is 134 g/mol. The van der Waals surface area contributed by atoms with Gasteiger partial charge in [0.2, 0.25) is 0 Å². The fraction of sp³-hybridized carbons (Fsp3) is 0.700. The van der Waals surface area contributed by atoms with Gasteiger partial charge in [-0.25, -0.2) is 0 Å². The fourth-order valence-electron chi connectivity index (χ4n) is 1.60. The second-order valence-electron chi connectivity index (χ2n) is 3.91. The first kappa shape index (κ1) is 8.33. The summed E-state index contributed by atoms with van der Waals surface area (Å²) in [5, 5.41) is 8.88. The Morgan fingerprint density at radius 3 is 2.45 bits per heavy atom. The molecule has 0 aromatic heterocycles. The van der Waals surface area contributed by atoms with E-state index in [0.717, 1.165) is 19.3 Å².